The first-order chi connectivity index (χ1) is 5.80. The second-order valence-corrected chi connectivity index (χ2v) is 4.02. The van der Waals surface area contributed by atoms with Crippen molar-refractivity contribution in [2.75, 3.05) is 0 Å². The summed E-state index contributed by atoms with van der Waals surface area (Å²) in [5.74, 6) is -1.33. The molecule has 0 aromatic heterocycles. The molecule has 0 saturated heterocycles. The Bertz CT molecular complexity index is 325. The summed E-state index contributed by atoms with van der Waals surface area (Å²) in [6.07, 6.45) is 0.497. The third-order valence-corrected chi connectivity index (χ3v) is 2.66. The van der Waals surface area contributed by atoms with Gasteiger partial charge in [-0.3, -0.25) is 4.55 Å². The molecule has 0 unspecified atom stereocenters. The molecule has 0 aliphatic carbocycles. The van der Waals surface area contributed by atoms with E-state index in [9.17, 15) is 13.2 Å². The molecule has 0 heterocycles. The Morgan fingerprint density at radius 3 is 2.08 bits per heavy atom. The number of allylic oxidation sites excluding steroid dienone is 1. The quantitative estimate of drug-likeness (QED) is 0.532. The van der Waals surface area contributed by atoms with Crippen LogP contribution in [0, 0.1) is 0 Å². The molecule has 0 aromatic rings. The van der Waals surface area contributed by atoms with Crippen molar-refractivity contribution in [3.8, 4) is 0 Å². The Balaban J connectivity index is 5.26. The van der Waals surface area contributed by atoms with Crippen LogP contribution in [0.3, 0.4) is 0 Å². The predicted molar refractivity (Wildman–Crippen MR) is 46.8 cm³/mol. The average molecular weight is 208 g/mol. The Morgan fingerprint density at radius 1 is 1.38 bits per heavy atom. The zero-order valence-electron chi connectivity index (χ0n) is 7.44. The van der Waals surface area contributed by atoms with Gasteiger partial charge in [0.15, 0.2) is 0 Å². The average Bonchev–Trinajstić information content (AvgIpc) is 1.96. The third kappa shape index (κ3) is 3.56. The summed E-state index contributed by atoms with van der Waals surface area (Å²) in [5, 5.41) is 8.51. The van der Waals surface area contributed by atoms with E-state index >= 15 is 0 Å². The van der Waals surface area contributed by atoms with E-state index in [1.54, 1.807) is 6.92 Å². The van der Waals surface area contributed by atoms with E-state index in [4.69, 9.17) is 9.66 Å². The van der Waals surface area contributed by atoms with E-state index in [0.29, 0.717) is 6.42 Å². The van der Waals surface area contributed by atoms with Crippen LogP contribution in [-0.4, -0.2) is 24.0 Å². The normalized spacial score (nSPS) is 13.8. The lowest BCUT2D eigenvalue weighted by atomic mass is 10.2. The van der Waals surface area contributed by atoms with Crippen molar-refractivity contribution in [1.29, 1.82) is 0 Å². The Morgan fingerprint density at radius 2 is 1.85 bits per heavy atom. The van der Waals surface area contributed by atoms with Crippen LogP contribution in [0.5, 0.6) is 0 Å². The zero-order chi connectivity index (χ0) is 10.6. The Kier molecular flexibility index (Phi) is 4.09. The predicted octanol–water partition coefficient (Wildman–Crippen LogP) is 1.03. The smallest absolute Gasteiger partial charge is 0.332 e. The summed E-state index contributed by atoms with van der Waals surface area (Å²) < 4.78 is 30.1. The number of hydrogen-bond donors (Lipinski definition) is 2. The van der Waals surface area contributed by atoms with Gasteiger partial charge in [0.2, 0.25) is 0 Å². The van der Waals surface area contributed by atoms with E-state index in [1.807, 2.05) is 0 Å². The molecule has 5 nitrogen and oxygen atoms in total. The zero-order valence-corrected chi connectivity index (χ0v) is 8.26. The van der Waals surface area contributed by atoms with Gasteiger partial charge in [0, 0.05) is 0 Å². The molecule has 0 atom stereocenters. The summed E-state index contributed by atoms with van der Waals surface area (Å²) in [6, 6.07) is 0. The number of aliphatic carboxylic acids is 1. The topological polar surface area (TPSA) is 91.7 Å². The number of carboxylic acid groups (broad SMARTS) is 1. The van der Waals surface area contributed by atoms with Crippen molar-refractivity contribution in [3.63, 3.8) is 0 Å². The minimum atomic E-state index is -4.37. The summed E-state index contributed by atoms with van der Waals surface area (Å²) in [5.41, 5.74) is -0.329. The highest BCUT2D eigenvalue weighted by molar-refractivity contribution is 7.89. The van der Waals surface area contributed by atoms with Gasteiger partial charge < -0.3 is 5.11 Å². The molecule has 0 aliphatic heterocycles. The molecule has 76 valence electrons. The standard InChI is InChI=1S/C7H12O5S/c1-3-4-6(13(10,11)12)5(2)7(8)9/h3-4H2,1-2H3,(H,8,9)(H,10,11,12). The lowest BCUT2D eigenvalue weighted by Gasteiger charge is -2.04. The molecule has 2 N–H and O–H groups in total. The summed E-state index contributed by atoms with van der Waals surface area (Å²) >= 11 is 0. The van der Waals surface area contributed by atoms with E-state index in [-0.39, 0.29) is 12.0 Å². The van der Waals surface area contributed by atoms with Gasteiger partial charge >= 0.3 is 5.97 Å². The van der Waals surface area contributed by atoms with Gasteiger partial charge in [-0.05, 0) is 13.3 Å². The fourth-order valence-corrected chi connectivity index (χ4v) is 1.79. The van der Waals surface area contributed by atoms with Crippen molar-refractivity contribution < 1.29 is 22.9 Å². The number of rotatable bonds is 4. The van der Waals surface area contributed by atoms with Crippen LogP contribution in [0.2, 0.25) is 0 Å². The van der Waals surface area contributed by atoms with Gasteiger partial charge in [-0.15, -0.1) is 0 Å². The molecule has 0 spiro atoms. The van der Waals surface area contributed by atoms with E-state index in [1.165, 1.54) is 0 Å². The molecule has 0 radical (unpaired) electrons. The second kappa shape index (κ2) is 4.38. The van der Waals surface area contributed by atoms with Crippen molar-refractivity contribution in [1.82, 2.24) is 0 Å². The number of carboxylic acids is 1. The first-order valence-electron chi connectivity index (χ1n) is 3.71. The highest BCUT2D eigenvalue weighted by Gasteiger charge is 2.19. The third-order valence-electron chi connectivity index (χ3n) is 1.53. The maximum absolute atomic E-state index is 10.7. The minimum Gasteiger partial charge on any atom is -0.478 e. The molecule has 13 heavy (non-hydrogen) atoms. The summed E-state index contributed by atoms with van der Waals surface area (Å²) in [4.78, 5) is 10.0. The SMILES string of the molecule is CCCC(=C(C)C(=O)O)S(=O)(=O)O. The maximum atomic E-state index is 10.7. The second-order valence-electron chi connectivity index (χ2n) is 2.58. The molecule has 0 bridgehead atoms. The van der Waals surface area contributed by atoms with Gasteiger partial charge in [-0.1, -0.05) is 13.3 Å². The molecule has 6 heteroatoms. The van der Waals surface area contributed by atoms with E-state index in [0.717, 1.165) is 6.92 Å². The summed E-state index contributed by atoms with van der Waals surface area (Å²) in [7, 11) is -4.37. The fraction of sp³-hybridized carbons (Fsp3) is 0.571. The van der Waals surface area contributed by atoms with Crippen LogP contribution in [0.15, 0.2) is 10.5 Å². The van der Waals surface area contributed by atoms with Crippen molar-refractivity contribution >= 4 is 16.1 Å². The first-order valence-corrected chi connectivity index (χ1v) is 5.15. The largest absolute Gasteiger partial charge is 0.478 e. The highest BCUT2D eigenvalue weighted by atomic mass is 32.2. The molecule has 0 aliphatic rings. The van der Waals surface area contributed by atoms with Gasteiger partial charge in [0.25, 0.3) is 10.1 Å². The maximum Gasteiger partial charge on any atom is 0.332 e. The number of carbonyl (C=O) groups is 1. The van der Waals surface area contributed by atoms with Gasteiger partial charge in [-0.2, -0.15) is 8.42 Å². The molecule has 0 aromatic carbocycles. The fourth-order valence-electron chi connectivity index (χ4n) is 0.856. The lowest BCUT2D eigenvalue weighted by molar-refractivity contribution is -0.132. The molecule has 0 rings (SSSR count). The molecule has 0 amide bonds. The van der Waals surface area contributed by atoms with Crippen LogP contribution >= 0.6 is 0 Å². The van der Waals surface area contributed by atoms with Crippen molar-refractivity contribution in [2.45, 2.75) is 26.7 Å². The molecular weight excluding hydrogens is 196 g/mol. The highest BCUT2D eigenvalue weighted by Crippen LogP contribution is 2.16. The first kappa shape index (κ1) is 12.1. The lowest BCUT2D eigenvalue weighted by Crippen LogP contribution is -2.09. The van der Waals surface area contributed by atoms with Gasteiger partial charge in [-0.25, -0.2) is 4.79 Å². The Hall–Kier alpha value is -0.880. The van der Waals surface area contributed by atoms with Crippen LogP contribution in [0.25, 0.3) is 0 Å². The van der Waals surface area contributed by atoms with Crippen LogP contribution < -0.4 is 0 Å². The van der Waals surface area contributed by atoms with E-state index in [2.05, 4.69) is 0 Å². The van der Waals surface area contributed by atoms with Crippen molar-refractivity contribution in [2.24, 2.45) is 0 Å². The Labute approximate surface area is 76.8 Å². The molecular formula is C7H12O5S. The summed E-state index contributed by atoms with van der Waals surface area (Å²) in [6.45, 7) is 2.85. The van der Waals surface area contributed by atoms with Crippen LogP contribution in [0.1, 0.15) is 26.7 Å². The molecule has 0 saturated carbocycles. The minimum absolute atomic E-state index is 0.0387. The van der Waals surface area contributed by atoms with E-state index < -0.39 is 21.0 Å². The van der Waals surface area contributed by atoms with Crippen LogP contribution in [0.4, 0.5) is 0 Å². The molecule has 0 fully saturated rings. The van der Waals surface area contributed by atoms with Crippen molar-refractivity contribution in [3.05, 3.63) is 10.5 Å². The van der Waals surface area contributed by atoms with Gasteiger partial charge in [0.05, 0.1) is 10.5 Å². The number of hydrogen-bond acceptors (Lipinski definition) is 3. The van der Waals surface area contributed by atoms with Crippen LogP contribution in [-0.2, 0) is 14.9 Å². The monoisotopic (exact) mass is 208 g/mol. The van der Waals surface area contributed by atoms with Gasteiger partial charge in [0.1, 0.15) is 0 Å².